The van der Waals surface area contributed by atoms with Gasteiger partial charge in [0.2, 0.25) is 6.79 Å². The van der Waals surface area contributed by atoms with Gasteiger partial charge in [-0.1, -0.05) is 12.1 Å². The first-order valence-corrected chi connectivity index (χ1v) is 8.27. The van der Waals surface area contributed by atoms with Gasteiger partial charge < -0.3 is 19.1 Å². The van der Waals surface area contributed by atoms with Crippen molar-refractivity contribution in [2.75, 3.05) is 19.9 Å². The summed E-state index contributed by atoms with van der Waals surface area (Å²) in [4.78, 5) is 25.7. The minimum atomic E-state index is -1.22. The fraction of sp³-hybridized carbons (Fsp3) is 0.263. The third-order valence-corrected chi connectivity index (χ3v) is 4.04. The molecular formula is C19H17F2NO5. The lowest BCUT2D eigenvalue weighted by atomic mass is 10.2. The molecule has 0 saturated heterocycles. The molecule has 1 aliphatic rings. The van der Waals surface area contributed by atoms with Crippen molar-refractivity contribution in [2.45, 2.75) is 13.5 Å². The molecule has 0 aliphatic carbocycles. The molecule has 3 rings (SSSR count). The Kier molecular flexibility index (Phi) is 5.54. The highest BCUT2D eigenvalue weighted by molar-refractivity contribution is 5.91. The van der Waals surface area contributed by atoms with Crippen molar-refractivity contribution in [1.29, 1.82) is 0 Å². The molecule has 142 valence electrons. The molecular weight excluding hydrogens is 360 g/mol. The Balaban J connectivity index is 1.61. The van der Waals surface area contributed by atoms with Gasteiger partial charge in [0, 0.05) is 13.1 Å². The summed E-state index contributed by atoms with van der Waals surface area (Å²) in [5.41, 5.74) is -0.00922. The van der Waals surface area contributed by atoms with Crippen molar-refractivity contribution < 1.29 is 32.6 Å². The quantitative estimate of drug-likeness (QED) is 0.725. The van der Waals surface area contributed by atoms with Crippen molar-refractivity contribution in [1.82, 2.24) is 4.90 Å². The minimum Gasteiger partial charge on any atom is -0.454 e. The molecule has 0 spiro atoms. The molecule has 0 N–H and O–H groups in total. The molecule has 6 nitrogen and oxygen atoms in total. The Morgan fingerprint density at radius 1 is 1.11 bits per heavy atom. The van der Waals surface area contributed by atoms with Gasteiger partial charge in [-0.15, -0.1) is 0 Å². The van der Waals surface area contributed by atoms with E-state index in [2.05, 4.69) is 0 Å². The summed E-state index contributed by atoms with van der Waals surface area (Å²) in [5.74, 6) is -2.56. The van der Waals surface area contributed by atoms with E-state index in [0.717, 1.165) is 23.8 Å². The van der Waals surface area contributed by atoms with E-state index in [-0.39, 0.29) is 13.3 Å². The molecule has 1 amide bonds. The molecule has 1 aliphatic heterocycles. The van der Waals surface area contributed by atoms with E-state index in [0.29, 0.717) is 18.0 Å². The van der Waals surface area contributed by atoms with E-state index < -0.39 is 35.7 Å². The van der Waals surface area contributed by atoms with Crippen LogP contribution in [-0.2, 0) is 16.1 Å². The van der Waals surface area contributed by atoms with Gasteiger partial charge >= 0.3 is 5.97 Å². The average Bonchev–Trinajstić information content (AvgIpc) is 3.11. The van der Waals surface area contributed by atoms with Gasteiger partial charge in [0.05, 0.1) is 0 Å². The Morgan fingerprint density at radius 3 is 2.52 bits per heavy atom. The number of hydrogen-bond acceptors (Lipinski definition) is 5. The van der Waals surface area contributed by atoms with Crippen molar-refractivity contribution in [3.8, 4) is 11.5 Å². The Labute approximate surface area is 154 Å². The summed E-state index contributed by atoms with van der Waals surface area (Å²) in [7, 11) is 0. The topological polar surface area (TPSA) is 65.1 Å². The Bertz CT molecular complexity index is 851. The van der Waals surface area contributed by atoms with Crippen LogP contribution < -0.4 is 9.47 Å². The molecule has 0 atom stereocenters. The zero-order valence-electron chi connectivity index (χ0n) is 14.5. The van der Waals surface area contributed by atoms with Crippen LogP contribution in [0.25, 0.3) is 0 Å². The van der Waals surface area contributed by atoms with Crippen LogP contribution in [0.15, 0.2) is 36.4 Å². The van der Waals surface area contributed by atoms with Crippen molar-refractivity contribution >= 4 is 11.9 Å². The summed E-state index contributed by atoms with van der Waals surface area (Å²) in [6.07, 6.45) is 0. The van der Waals surface area contributed by atoms with E-state index in [1.54, 1.807) is 25.1 Å². The van der Waals surface area contributed by atoms with E-state index in [1.807, 2.05) is 0 Å². The predicted molar refractivity (Wildman–Crippen MR) is 90.3 cm³/mol. The van der Waals surface area contributed by atoms with Gasteiger partial charge in [0.15, 0.2) is 18.1 Å². The zero-order valence-corrected chi connectivity index (χ0v) is 14.5. The first kappa shape index (κ1) is 18.6. The SMILES string of the molecule is CCN(Cc1ccc2c(c1)OCO2)C(=O)COC(=O)c1c(F)cccc1F. The van der Waals surface area contributed by atoms with Crippen LogP contribution in [0.2, 0.25) is 0 Å². The third kappa shape index (κ3) is 4.16. The normalized spacial score (nSPS) is 12.0. The highest BCUT2D eigenvalue weighted by Gasteiger charge is 2.21. The van der Waals surface area contributed by atoms with Crippen LogP contribution in [-0.4, -0.2) is 36.7 Å². The molecule has 8 heteroatoms. The molecule has 1 heterocycles. The fourth-order valence-corrected chi connectivity index (χ4v) is 2.62. The fourth-order valence-electron chi connectivity index (χ4n) is 2.62. The molecule has 0 fully saturated rings. The van der Waals surface area contributed by atoms with Crippen LogP contribution in [0.1, 0.15) is 22.8 Å². The maximum absolute atomic E-state index is 13.6. The number of esters is 1. The number of carbonyl (C=O) groups excluding carboxylic acids is 2. The summed E-state index contributed by atoms with van der Waals surface area (Å²) in [6.45, 7) is 1.92. The van der Waals surface area contributed by atoms with Crippen molar-refractivity contribution in [2.24, 2.45) is 0 Å². The lowest BCUT2D eigenvalue weighted by molar-refractivity contribution is -0.135. The average molecular weight is 377 g/mol. The molecule has 0 saturated carbocycles. The number of carbonyl (C=O) groups is 2. The number of nitrogens with zero attached hydrogens (tertiary/aromatic N) is 1. The lowest BCUT2D eigenvalue weighted by Crippen LogP contribution is -2.34. The zero-order chi connectivity index (χ0) is 19.4. The summed E-state index contributed by atoms with van der Waals surface area (Å²) in [5, 5.41) is 0. The monoisotopic (exact) mass is 377 g/mol. The first-order valence-electron chi connectivity index (χ1n) is 8.27. The number of halogens is 2. The van der Waals surface area contributed by atoms with Crippen LogP contribution >= 0.6 is 0 Å². The highest BCUT2D eigenvalue weighted by Crippen LogP contribution is 2.32. The largest absolute Gasteiger partial charge is 0.454 e. The number of rotatable bonds is 6. The standard InChI is InChI=1S/C19H17F2NO5/c1-2-22(9-12-6-7-15-16(8-12)27-11-26-15)17(23)10-25-19(24)18-13(20)4-3-5-14(18)21/h3-8H,2,9-11H2,1H3. The third-order valence-electron chi connectivity index (χ3n) is 4.04. The van der Waals surface area contributed by atoms with E-state index in [1.165, 1.54) is 4.90 Å². The summed E-state index contributed by atoms with van der Waals surface area (Å²) in [6, 6.07) is 8.33. The second-order valence-corrected chi connectivity index (χ2v) is 5.77. The summed E-state index contributed by atoms with van der Waals surface area (Å²) >= 11 is 0. The van der Waals surface area contributed by atoms with Gasteiger partial charge in [-0.2, -0.15) is 0 Å². The van der Waals surface area contributed by atoms with E-state index >= 15 is 0 Å². The van der Waals surface area contributed by atoms with E-state index in [9.17, 15) is 18.4 Å². The smallest absolute Gasteiger partial charge is 0.344 e. The first-order chi connectivity index (χ1) is 13.0. The number of likely N-dealkylation sites (N-methyl/N-ethyl adjacent to an activating group) is 1. The van der Waals surface area contributed by atoms with Gasteiger partial charge in [-0.25, -0.2) is 13.6 Å². The molecule has 0 aromatic heterocycles. The lowest BCUT2D eigenvalue weighted by Gasteiger charge is -2.21. The maximum Gasteiger partial charge on any atom is 0.344 e. The Morgan fingerprint density at radius 2 is 1.81 bits per heavy atom. The van der Waals surface area contributed by atoms with Crippen LogP contribution in [0.3, 0.4) is 0 Å². The number of hydrogen-bond donors (Lipinski definition) is 0. The molecule has 27 heavy (non-hydrogen) atoms. The number of benzene rings is 2. The van der Waals surface area contributed by atoms with Crippen LogP contribution in [0.4, 0.5) is 8.78 Å². The van der Waals surface area contributed by atoms with Gasteiger partial charge in [0.1, 0.15) is 17.2 Å². The van der Waals surface area contributed by atoms with Gasteiger partial charge in [-0.05, 0) is 36.8 Å². The molecule has 2 aromatic carbocycles. The van der Waals surface area contributed by atoms with Gasteiger partial charge in [0.25, 0.3) is 5.91 Å². The second kappa shape index (κ2) is 8.03. The van der Waals surface area contributed by atoms with Gasteiger partial charge in [-0.3, -0.25) is 4.79 Å². The number of amides is 1. The second-order valence-electron chi connectivity index (χ2n) is 5.77. The molecule has 0 bridgehead atoms. The molecule has 2 aromatic rings. The highest BCUT2D eigenvalue weighted by atomic mass is 19.1. The predicted octanol–water partition coefficient (Wildman–Crippen LogP) is 2.90. The van der Waals surface area contributed by atoms with E-state index in [4.69, 9.17) is 14.2 Å². The number of ether oxygens (including phenoxy) is 3. The summed E-state index contributed by atoms with van der Waals surface area (Å²) < 4.78 is 42.5. The number of fused-ring (bicyclic) bond motifs is 1. The minimum absolute atomic E-state index is 0.151. The van der Waals surface area contributed by atoms with Crippen molar-refractivity contribution in [3.63, 3.8) is 0 Å². The van der Waals surface area contributed by atoms with Crippen molar-refractivity contribution in [3.05, 3.63) is 59.2 Å². The van der Waals surface area contributed by atoms with Crippen LogP contribution in [0, 0.1) is 11.6 Å². The molecule has 0 unspecified atom stereocenters. The Hall–Kier alpha value is -3.16. The van der Waals surface area contributed by atoms with Crippen LogP contribution in [0.5, 0.6) is 11.5 Å². The maximum atomic E-state index is 13.6. The molecule has 0 radical (unpaired) electrons.